The first-order chi connectivity index (χ1) is 12.7. The first-order valence-electron chi connectivity index (χ1n) is 8.95. The van der Waals surface area contributed by atoms with E-state index in [0.29, 0.717) is 12.5 Å². The van der Waals surface area contributed by atoms with Gasteiger partial charge >= 0.3 is 0 Å². The number of anilines is 1. The molecule has 1 fully saturated rings. The molecule has 2 heterocycles. The first kappa shape index (κ1) is 16.6. The molecule has 26 heavy (non-hydrogen) atoms. The number of rotatable bonds is 6. The van der Waals surface area contributed by atoms with Crippen molar-refractivity contribution in [2.24, 2.45) is 7.05 Å². The van der Waals surface area contributed by atoms with Gasteiger partial charge in [-0.25, -0.2) is 0 Å². The quantitative estimate of drug-likeness (QED) is 0.738. The minimum Gasteiger partial charge on any atom is -0.497 e. The van der Waals surface area contributed by atoms with Crippen molar-refractivity contribution in [2.45, 2.75) is 31.7 Å². The molecule has 136 valence electrons. The third kappa shape index (κ3) is 3.05. The number of benzene rings is 1. The lowest BCUT2D eigenvalue weighted by atomic mass is 9.85. The molecule has 1 aliphatic rings. The van der Waals surface area contributed by atoms with Crippen LogP contribution in [0.3, 0.4) is 0 Å². The second kappa shape index (κ2) is 6.82. The zero-order valence-corrected chi connectivity index (χ0v) is 15.4. The van der Waals surface area contributed by atoms with E-state index in [1.54, 1.807) is 7.11 Å². The number of nitrogens with zero attached hydrogens (tertiary/aromatic N) is 5. The Morgan fingerprint density at radius 3 is 2.65 bits per heavy atom. The van der Waals surface area contributed by atoms with Crippen molar-refractivity contribution in [1.29, 1.82) is 0 Å². The highest BCUT2D eigenvalue weighted by Crippen LogP contribution is 2.35. The highest BCUT2D eigenvalue weighted by Gasteiger charge is 2.25. The molecule has 7 nitrogen and oxygen atoms in total. The van der Waals surface area contributed by atoms with Crippen molar-refractivity contribution in [3.63, 3.8) is 0 Å². The number of nitrogens with one attached hydrogen (secondary N) is 1. The molecular formula is C19H24N6O. The van der Waals surface area contributed by atoms with Crippen molar-refractivity contribution in [3.8, 4) is 17.0 Å². The van der Waals surface area contributed by atoms with Crippen LogP contribution in [-0.4, -0.2) is 39.1 Å². The van der Waals surface area contributed by atoms with Gasteiger partial charge in [0.15, 0.2) is 11.6 Å². The smallest absolute Gasteiger partial charge is 0.152 e. The van der Waals surface area contributed by atoms with Gasteiger partial charge in [0.2, 0.25) is 0 Å². The van der Waals surface area contributed by atoms with Crippen molar-refractivity contribution < 1.29 is 4.74 Å². The second-order valence-corrected chi connectivity index (χ2v) is 6.89. The number of H-pyrrole nitrogens is 1. The lowest BCUT2D eigenvalue weighted by molar-refractivity contribution is 0.391. The number of methoxy groups -OCH3 is 1. The molecule has 0 saturated heterocycles. The van der Waals surface area contributed by atoms with E-state index >= 15 is 0 Å². The summed E-state index contributed by atoms with van der Waals surface area (Å²) < 4.78 is 7.34. The van der Waals surface area contributed by atoms with E-state index < -0.39 is 0 Å². The van der Waals surface area contributed by atoms with E-state index in [1.807, 2.05) is 37.4 Å². The molecule has 0 unspecified atom stereocenters. The summed E-state index contributed by atoms with van der Waals surface area (Å²) in [5.41, 5.74) is 2.05. The molecule has 0 atom stereocenters. The highest BCUT2D eigenvalue weighted by atomic mass is 16.5. The largest absolute Gasteiger partial charge is 0.497 e. The predicted molar refractivity (Wildman–Crippen MR) is 100 cm³/mol. The monoisotopic (exact) mass is 352 g/mol. The maximum Gasteiger partial charge on any atom is 0.152 e. The molecule has 0 radical (unpaired) electrons. The SMILES string of the molecule is COc1ccc(-c2cc(N(C)Cc3nnc(C4CCC4)n3C)n[nH]2)cc1. The van der Waals surface area contributed by atoms with Gasteiger partial charge in [0.05, 0.1) is 19.3 Å². The van der Waals surface area contributed by atoms with Crippen LogP contribution >= 0.6 is 0 Å². The molecule has 1 saturated carbocycles. The van der Waals surface area contributed by atoms with E-state index in [1.165, 1.54) is 19.3 Å². The van der Waals surface area contributed by atoms with E-state index in [-0.39, 0.29) is 0 Å². The van der Waals surface area contributed by atoms with E-state index in [2.05, 4.69) is 36.9 Å². The fraction of sp³-hybridized carbons (Fsp3) is 0.421. The summed E-state index contributed by atoms with van der Waals surface area (Å²) in [7, 11) is 5.75. The van der Waals surface area contributed by atoms with Crippen molar-refractivity contribution in [2.75, 3.05) is 19.1 Å². The summed E-state index contributed by atoms with van der Waals surface area (Å²) in [4.78, 5) is 2.08. The summed E-state index contributed by atoms with van der Waals surface area (Å²) in [6.45, 7) is 0.670. The Morgan fingerprint density at radius 2 is 2.00 bits per heavy atom. The van der Waals surface area contributed by atoms with Crippen molar-refractivity contribution in [1.82, 2.24) is 25.0 Å². The van der Waals surface area contributed by atoms with Crippen molar-refractivity contribution >= 4 is 5.82 Å². The molecule has 2 aromatic heterocycles. The number of aromatic nitrogens is 5. The Kier molecular flexibility index (Phi) is 4.36. The predicted octanol–water partition coefficient (Wildman–Crippen LogP) is 3.12. The summed E-state index contributed by atoms with van der Waals surface area (Å²) in [5.74, 6) is 4.38. The Morgan fingerprint density at radius 1 is 1.23 bits per heavy atom. The summed E-state index contributed by atoms with van der Waals surface area (Å²) in [6.07, 6.45) is 3.76. The van der Waals surface area contributed by atoms with Crippen LogP contribution in [0.25, 0.3) is 11.3 Å². The second-order valence-electron chi connectivity index (χ2n) is 6.89. The van der Waals surface area contributed by atoms with Crippen LogP contribution < -0.4 is 9.64 Å². The van der Waals surface area contributed by atoms with Crippen LogP contribution in [0.2, 0.25) is 0 Å². The van der Waals surface area contributed by atoms with Crippen LogP contribution in [-0.2, 0) is 13.6 Å². The van der Waals surface area contributed by atoms with Crippen LogP contribution in [0.1, 0.15) is 36.8 Å². The Hall–Kier alpha value is -2.83. The average molecular weight is 352 g/mol. The maximum absolute atomic E-state index is 5.21. The third-order valence-corrected chi connectivity index (χ3v) is 5.20. The molecule has 1 aliphatic carbocycles. The van der Waals surface area contributed by atoms with Gasteiger partial charge in [-0.3, -0.25) is 5.10 Å². The molecule has 4 rings (SSSR count). The van der Waals surface area contributed by atoms with Crippen LogP contribution in [0.4, 0.5) is 5.82 Å². The highest BCUT2D eigenvalue weighted by molar-refractivity contribution is 5.63. The van der Waals surface area contributed by atoms with E-state index in [0.717, 1.165) is 34.5 Å². The number of hydrogen-bond acceptors (Lipinski definition) is 5. The number of ether oxygens (including phenoxy) is 1. The normalized spacial score (nSPS) is 14.3. The zero-order chi connectivity index (χ0) is 18.1. The molecule has 0 amide bonds. The van der Waals surface area contributed by atoms with E-state index in [4.69, 9.17) is 4.74 Å². The van der Waals surface area contributed by atoms with Gasteiger partial charge in [0, 0.05) is 26.1 Å². The van der Waals surface area contributed by atoms with Gasteiger partial charge in [0.25, 0.3) is 0 Å². The van der Waals surface area contributed by atoms with Gasteiger partial charge < -0.3 is 14.2 Å². The molecular weight excluding hydrogens is 328 g/mol. The first-order valence-corrected chi connectivity index (χ1v) is 8.95. The Balaban J connectivity index is 1.47. The Bertz CT molecular complexity index is 878. The summed E-state index contributed by atoms with van der Waals surface area (Å²) >= 11 is 0. The fourth-order valence-corrected chi connectivity index (χ4v) is 3.25. The third-order valence-electron chi connectivity index (χ3n) is 5.20. The van der Waals surface area contributed by atoms with Gasteiger partial charge in [-0.2, -0.15) is 5.10 Å². The summed E-state index contributed by atoms with van der Waals surface area (Å²) in [5, 5.41) is 16.3. The topological polar surface area (TPSA) is 71.9 Å². The number of aromatic amines is 1. The fourth-order valence-electron chi connectivity index (χ4n) is 3.25. The lowest BCUT2D eigenvalue weighted by Crippen LogP contribution is -2.20. The molecule has 1 aromatic carbocycles. The zero-order valence-electron chi connectivity index (χ0n) is 15.4. The van der Waals surface area contributed by atoms with Crippen LogP contribution in [0.5, 0.6) is 5.75 Å². The number of hydrogen-bond donors (Lipinski definition) is 1. The minimum absolute atomic E-state index is 0.582. The maximum atomic E-state index is 5.21. The average Bonchev–Trinajstić information content (AvgIpc) is 3.23. The lowest BCUT2D eigenvalue weighted by Gasteiger charge is -2.24. The van der Waals surface area contributed by atoms with Gasteiger partial charge in [-0.05, 0) is 42.7 Å². The van der Waals surface area contributed by atoms with Crippen LogP contribution in [0.15, 0.2) is 30.3 Å². The van der Waals surface area contributed by atoms with Crippen molar-refractivity contribution in [3.05, 3.63) is 42.0 Å². The van der Waals surface area contributed by atoms with Gasteiger partial charge in [0.1, 0.15) is 11.6 Å². The van der Waals surface area contributed by atoms with Gasteiger partial charge in [-0.15, -0.1) is 10.2 Å². The van der Waals surface area contributed by atoms with E-state index in [9.17, 15) is 0 Å². The summed E-state index contributed by atoms with van der Waals surface area (Å²) in [6, 6.07) is 9.97. The molecule has 0 aliphatic heterocycles. The molecule has 1 N–H and O–H groups in total. The van der Waals surface area contributed by atoms with Gasteiger partial charge in [-0.1, -0.05) is 6.42 Å². The molecule has 0 bridgehead atoms. The molecule has 3 aromatic rings. The Labute approximate surface area is 153 Å². The molecule has 7 heteroatoms. The minimum atomic E-state index is 0.582. The standard InChI is InChI=1S/C19H24N6O/c1-24(12-18-22-23-19(25(18)2)14-5-4-6-14)17-11-16(20-21-17)13-7-9-15(26-3)10-8-13/h7-11,14H,4-6,12H2,1-3H3,(H,20,21). The van der Waals surface area contributed by atoms with Crippen LogP contribution in [0, 0.1) is 0 Å². The molecule has 0 spiro atoms.